The molecular weight excluding hydrogens is 244 g/mol. The molecule has 0 aromatic carbocycles. The number of aromatic amines is 1. The Bertz CT molecular complexity index is 548. The van der Waals surface area contributed by atoms with Crippen LogP contribution in [0, 0.1) is 6.92 Å². The summed E-state index contributed by atoms with van der Waals surface area (Å²) in [6.45, 7) is 1.69. The molecule has 0 saturated carbocycles. The molecule has 0 fully saturated rings. The molecule has 0 spiro atoms. The third kappa shape index (κ3) is 2.59. The number of hydrogen-bond donors (Lipinski definition) is 3. The van der Waals surface area contributed by atoms with Crippen molar-refractivity contribution >= 4 is 23.7 Å². The van der Waals surface area contributed by atoms with Gasteiger partial charge in [-0.2, -0.15) is 4.98 Å². The highest BCUT2D eigenvalue weighted by molar-refractivity contribution is 7.98. The maximum absolute atomic E-state index is 10.8. The van der Waals surface area contributed by atoms with Gasteiger partial charge in [-0.05, 0) is 13.0 Å². The van der Waals surface area contributed by atoms with Gasteiger partial charge in [0.2, 0.25) is 16.9 Å². The van der Waals surface area contributed by atoms with Crippen LogP contribution >= 0.6 is 11.8 Å². The zero-order chi connectivity index (χ0) is 12.4. The van der Waals surface area contributed by atoms with E-state index in [1.807, 2.05) is 0 Å². The van der Waals surface area contributed by atoms with Gasteiger partial charge in [-0.1, -0.05) is 11.8 Å². The van der Waals surface area contributed by atoms with Gasteiger partial charge in [-0.3, -0.25) is 0 Å². The number of furan rings is 1. The van der Waals surface area contributed by atoms with Crippen LogP contribution in [-0.2, 0) is 5.75 Å². The number of thioether (sulfide) groups is 1. The van der Waals surface area contributed by atoms with Crippen molar-refractivity contribution in [2.75, 3.05) is 5.73 Å². The number of carbonyl (C=O) groups is 1. The Hall–Kier alpha value is -1.96. The first kappa shape index (κ1) is 11.5. The fourth-order valence-electron chi connectivity index (χ4n) is 1.29. The zero-order valence-corrected chi connectivity index (χ0v) is 9.74. The van der Waals surface area contributed by atoms with Crippen molar-refractivity contribution < 1.29 is 14.3 Å². The van der Waals surface area contributed by atoms with Gasteiger partial charge in [0.05, 0.1) is 5.75 Å². The number of nitrogens with two attached hydrogens (primary N) is 1. The molecule has 0 unspecified atom stereocenters. The summed E-state index contributed by atoms with van der Waals surface area (Å²) in [6.07, 6.45) is 0. The standard InChI is InChI=1S/C9H10N4O3S/c1-4-2-5(16-6(4)7(14)15)3-17-9-11-8(10)12-13-9/h2H,3H2,1H3,(H,14,15)(H3,10,11,12,13). The maximum atomic E-state index is 10.8. The number of nitrogens with one attached hydrogen (secondary N) is 1. The van der Waals surface area contributed by atoms with Gasteiger partial charge in [-0.25, -0.2) is 9.89 Å². The molecule has 7 nitrogen and oxygen atoms in total. The Labute approximate surface area is 100 Å². The molecule has 0 saturated heterocycles. The van der Waals surface area contributed by atoms with Crippen molar-refractivity contribution in [3.63, 3.8) is 0 Å². The number of aromatic carboxylic acids is 1. The quantitative estimate of drug-likeness (QED) is 0.703. The predicted octanol–water partition coefficient (Wildman–Crippen LogP) is 1.28. The monoisotopic (exact) mass is 254 g/mol. The summed E-state index contributed by atoms with van der Waals surface area (Å²) in [7, 11) is 0. The fraction of sp³-hybridized carbons (Fsp3) is 0.222. The van der Waals surface area contributed by atoms with Crippen LogP contribution in [-0.4, -0.2) is 26.3 Å². The summed E-state index contributed by atoms with van der Waals surface area (Å²) in [5, 5.41) is 15.7. The topological polar surface area (TPSA) is 118 Å². The van der Waals surface area contributed by atoms with E-state index in [-0.39, 0.29) is 11.7 Å². The SMILES string of the molecule is Cc1cc(CSc2n[nH]c(N)n2)oc1C(=O)O. The number of carboxylic acid groups (broad SMARTS) is 1. The Morgan fingerprint density at radius 2 is 2.47 bits per heavy atom. The summed E-state index contributed by atoms with van der Waals surface area (Å²) in [5.74, 6) is 0.157. The molecule has 0 aliphatic heterocycles. The summed E-state index contributed by atoms with van der Waals surface area (Å²) >= 11 is 1.31. The maximum Gasteiger partial charge on any atom is 0.372 e. The molecule has 2 aromatic rings. The Morgan fingerprint density at radius 3 is 3.00 bits per heavy atom. The van der Waals surface area contributed by atoms with E-state index in [0.29, 0.717) is 22.2 Å². The van der Waals surface area contributed by atoms with Crippen molar-refractivity contribution in [3.05, 3.63) is 23.2 Å². The molecule has 0 aliphatic rings. The van der Waals surface area contributed by atoms with Gasteiger partial charge in [0, 0.05) is 5.56 Å². The van der Waals surface area contributed by atoms with Crippen LogP contribution in [0.4, 0.5) is 5.95 Å². The highest BCUT2D eigenvalue weighted by Gasteiger charge is 2.14. The fourth-order valence-corrected chi connectivity index (χ4v) is 1.98. The average Bonchev–Trinajstić information content (AvgIpc) is 2.82. The second-order valence-corrected chi connectivity index (χ2v) is 4.26. The molecular formula is C9H10N4O3S. The van der Waals surface area contributed by atoms with Gasteiger partial charge < -0.3 is 15.3 Å². The van der Waals surface area contributed by atoms with Crippen molar-refractivity contribution in [1.29, 1.82) is 0 Å². The van der Waals surface area contributed by atoms with Crippen molar-refractivity contribution in [1.82, 2.24) is 15.2 Å². The van der Waals surface area contributed by atoms with E-state index < -0.39 is 5.97 Å². The molecule has 0 amide bonds. The van der Waals surface area contributed by atoms with E-state index in [4.69, 9.17) is 15.3 Å². The molecule has 0 atom stereocenters. The zero-order valence-electron chi connectivity index (χ0n) is 8.93. The van der Waals surface area contributed by atoms with Gasteiger partial charge in [0.25, 0.3) is 0 Å². The second kappa shape index (κ2) is 4.50. The van der Waals surface area contributed by atoms with E-state index in [2.05, 4.69) is 15.2 Å². The summed E-state index contributed by atoms with van der Waals surface area (Å²) in [4.78, 5) is 14.7. The third-order valence-electron chi connectivity index (χ3n) is 1.99. The minimum atomic E-state index is -1.07. The van der Waals surface area contributed by atoms with E-state index >= 15 is 0 Å². The van der Waals surface area contributed by atoms with Gasteiger partial charge in [-0.15, -0.1) is 5.10 Å². The molecule has 90 valence electrons. The minimum Gasteiger partial charge on any atom is -0.475 e. The molecule has 0 radical (unpaired) electrons. The number of nitrogen functional groups attached to an aromatic ring is 1. The van der Waals surface area contributed by atoms with Crippen molar-refractivity contribution in [2.45, 2.75) is 17.8 Å². The Morgan fingerprint density at radius 1 is 1.71 bits per heavy atom. The average molecular weight is 254 g/mol. The number of anilines is 1. The largest absolute Gasteiger partial charge is 0.475 e. The molecule has 17 heavy (non-hydrogen) atoms. The highest BCUT2D eigenvalue weighted by atomic mass is 32.2. The van der Waals surface area contributed by atoms with Crippen LogP contribution in [0.5, 0.6) is 0 Å². The molecule has 2 heterocycles. The molecule has 8 heteroatoms. The van der Waals surface area contributed by atoms with Crippen molar-refractivity contribution in [3.8, 4) is 0 Å². The predicted molar refractivity (Wildman–Crippen MR) is 60.8 cm³/mol. The lowest BCUT2D eigenvalue weighted by molar-refractivity contribution is 0.0659. The first-order valence-electron chi connectivity index (χ1n) is 4.69. The van der Waals surface area contributed by atoms with Gasteiger partial charge >= 0.3 is 5.97 Å². The summed E-state index contributed by atoms with van der Waals surface area (Å²) in [6, 6.07) is 1.69. The first-order chi connectivity index (χ1) is 8.06. The number of hydrogen-bond acceptors (Lipinski definition) is 6. The lowest BCUT2D eigenvalue weighted by Gasteiger charge is -1.92. The lowest BCUT2D eigenvalue weighted by Crippen LogP contribution is -1.94. The van der Waals surface area contributed by atoms with E-state index in [1.54, 1.807) is 13.0 Å². The van der Waals surface area contributed by atoms with E-state index in [0.717, 1.165) is 0 Å². The minimum absolute atomic E-state index is 0.0323. The smallest absolute Gasteiger partial charge is 0.372 e. The number of aryl methyl sites for hydroxylation is 1. The Balaban J connectivity index is 2.04. The van der Waals surface area contributed by atoms with Crippen LogP contribution in [0.2, 0.25) is 0 Å². The van der Waals surface area contributed by atoms with Crippen LogP contribution in [0.25, 0.3) is 0 Å². The molecule has 2 aromatic heterocycles. The summed E-state index contributed by atoms with van der Waals surface area (Å²) in [5.41, 5.74) is 5.97. The lowest BCUT2D eigenvalue weighted by atomic mass is 10.3. The van der Waals surface area contributed by atoms with Crippen LogP contribution in [0.1, 0.15) is 21.9 Å². The van der Waals surface area contributed by atoms with E-state index in [1.165, 1.54) is 11.8 Å². The normalized spacial score (nSPS) is 10.6. The molecule has 2 rings (SSSR count). The van der Waals surface area contributed by atoms with Gasteiger partial charge in [0.1, 0.15) is 5.76 Å². The second-order valence-electron chi connectivity index (χ2n) is 3.32. The third-order valence-corrected chi connectivity index (χ3v) is 2.86. The van der Waals surface area contributed by atoms with Crippen LogP contribution < -0.4 is 5.73 Å². The van der Waals surface area contributed by atoms with Gasteiger partial charge in [0.15, 0.2) is 0 Å². The van der Waals surface area contributed by atoms with Crippen LogP contribution in [0.15, 0.2) is 15.6 Å². The first-order valence-corrected chi connectivity index (χ1v) is 5.68. The molecule has 4 N–H and O–H groups in total. The number of carboxylic acids is 1. The number of rotatable bonds is 4. The Kier molecular flexibility index (Phi) is 3.05. The number of H-pyrrole nitrogens is 1. The molecule has 0 aliphatic carbocycles. The van der Waals surface area contributed by atoms with Crippen molar-refractivity contribution in [2.24, 2.45) is 0 Å². The number of nitrogens with zero attached hydrogens (tertiary/aromatic N) is 2. The van der Waals surface area contributed by atoms with Crippen LogP contribution in [0.3, 0.4) is 0 Å². The molecule has 0 bridgehead atoms. The van der Waals surface area contributed by atoms with E-state index in [9.17, 15) is 4.79 Å². The highest BCUT2D eigenvalue weighted by Crippen LogP contribution is 2.23. The summed E-state index contributed by atoms with van der Waals surface area (Å²) < 4.78 is 5.19. The number of aromatic nitrogens is 3.